The van der Waals surface area contributed by atoms with Gasteiger partial charge in [-0.05, 0) is 37.2 Å². The van der Waals surface area contributed by atoms with Crippen molar-refractivity contribution in [1.82, 2.24) is 4.90 Å². The molecule has 0 saturated carbocycles. The van der Waals surface area contributed by atoms with Crippen LogP contribution in [0.1, 0.15) is 38.3 Å². The molecule has 20 heavy (non-hydrogen) atoms. The molecule has 5 heteroatoms. The Balaban J connectivity index is 2.25. The monoisotopic (exact) mass is 279 g/mol. The highest BCUT2D eigenvalue weighted by atomic mass is 16.7. The lowest BCUT2D eigenvalue weighted by Gasteiger charge is -2.27. The topological polar surface area (TPSA) is 59.0 Å². The van der Waals surface area contributed by atoms with E-state index in [1.54, 1.807) is 18.2 Å². The lowest BCUT2D eigenvalue weighted by molar-refractivity contribution is -0.143. The molecule has 1 aliphatic rings. The van der Waals surface area contributed by atoms with Crippen LogP contribution in [0.4, 0.5) is 0 Å². The van der Waals surface area contributed by atoms with Crippen molar-refractivity contribution in [2.45, 2.75) is 32.7 Å². The van der Waals surface area contributed by atoms with E-state index in [1.807, 2.05) is 11.8 Å². The normalized spacial score (nSPS) is 14.6. The van der Waals surface area contributed by atoms with Crippen LogP contribution in [-0.4, -0.2) is 35.9 Å². The third-order valence-electron chi connectivity index (χ3n) is 3.52. The van der Waals surface area contributed by atoms with Crippen LogP contribution in [0.5, 0.6) is 11.5 Å². The average molecular weight is 279 g/mol. The lowest BCUT2D eigenvalue weighted by Crippen LogP contribution is -2.34. The predicted octanol–water partition coefficient (Wildman–Crippen LogP) is 2.66. The fourth-order valence-corrected chi connectivity index (χ4v) is 2.42. The molecule has 0 amide bonds. The Hall–Kier alpha value is -1.75. The quantitative estimate of drug-likeness (QED) is 0.831. The summed E-state index contributed by atoms with van der Waals surface area (Å²) in [6, 6.07) is 4.72. The standard InChI is InChI=1S/C15H21NO4/c1-3-5-8-16(4-2)14(15(17)18)11-6-7-12-13(9-11)20-10-19-12/h6-7,9,14H,3-5,8,10H2,1-2H3,(H,17,18). The van der Waals surface area contributed by atoms with E-state index in [9.17, 15) is 9.90 Å². The maximum absolute atomic E-state index is 11.6. The van der Waals surface area contributed by atoms with Gasteiger partial charge >= 0.3 is 5.97 Å². The maximum atomic E-state index is 11.6. The molecule has 1 atom stereocenters. The van der Waals surface area contributed by atoms with Crippen molar-refractivity contribution in [1.29, 1.82) is 0 Å². The van der Waals surface area contributed by atoms with Gasteiger partial charge in [0.15, 0.2) is 11.5 Å². The van der Waals surface area contributed by atoms with E-state index >= 15 is 0 Å². The van der Waals surface area contributed by atoms with Crippen molar-refractivity contribution in [3.05, 3.63) is 23.8 Å². The number of nitrogens with zero attached hydrogens (tertiary/aromatic N) is 1. The zero-order valence-electron chi connectivity index (χ0n) is 12.0. The van der Waals surface area contributed by atoms with Gasteiger partial charge in [0, 0.05) is 0 Å². The molecule has 1 N–H and O–H groups in total. The van der Waals surface area contributed by atoms with E-state index in [4.69, 9.17) is 9.47 Å². The number of unbranched alkanes of at least 4 members (excludes halogenated alkanes) is 1. The summed E-state index contributed by atoms with van der Waals surface area (Å²) in [5.41, 5.74) is 0.736. The van der Waals surface area contributed by atoms with Gasteiger partial charge in [-0.15, -0.1) is 0 Å². The molecule has 2 rings (SSSR count). The van der Waals surface area contributed by atoms with Gasteiger partial charge in [0.1, 0.15) is 6.04 Å². The van der Waals surface area contributed by atoms with Crippen LogP contribution in [-0.2, 0) is 4.79 Å². The zero-order chi connectivity index (χ0) is 14.5. The SMILES string of the molecule is CCCCN(CC)C(C(=O)O)c1ccc2c(c1)OCO2. The van der Waals surface area contributed by atoms with Gasteiger partial charge in [0.2, 0.25) is 6.79 Å². The Morgan fingerprint density at radius 3 is 2.75 bits per heavy atom. The molecule has 1 unspecified atom stereocenters. The molecule has 1 aliphatic heterocycles. The Kier molecular flexibility index (Phi) is 4.84. The Morgan fingerprint density at radius 2 is 2.10 bits per heavy atom. The third-order valence-corrected chi connectivity index (χ3v) is 3.52. The summed E-state index contributed by atoms with van der Waals surface area (Å²) in [4.78, 5) is 13.6. The second-order valence-corrected chi connectivity index (χ2v) is 4.84. The summed E-state index contributed by atoms with van der Waals surface area (Å²) in [7, 11) is 0. The van der Waals surface area contributed by atoms with E-state index in [-0.39, 0.29) is 6.79 Å². The zero-order valence-corrected chi connectivity index (χ0v) is 12.0. The largest absolute Gasteiger partial charge is 0.480 e. The van der Waals surface area contributed by atoms with Crippen molar-refractivity contribution in [2.24, 2.45) is 0 Å². The number of carbonyl (C=O) groups is 1. The highest BCUT2D eigenvalue weighted by molar-refractivity contribution is 5.76. The van der Waals surface area contributed by atoms with Crippen molar-refractivity contribution >= 4 is 5.97 Å². The molecule has 5 nitrogen and oxygen atoms in total. The van der Waals surface area contributed by atoms with Crippen molar-refractivity contribution in [3.63, 3.8) is 0 Å². The van der Waals surface area contributed by atoms with E-state index in [0.717, 1.165) is 24.9 Å². The molecule has 0 saturated heterocycles. The second kappa shape index (κ2) is 6.61. The number of ether oxygens (including phenoxy) is 2. The van der Waals surface area contributed by atoms with Crippen molar-refractivity contribution < 1.29 is 19.4 Å². The highest BCUT2D eigenvalue weighted by Gasteiger charge is 2.27. The number of fused-ring (bicyclic) bond motifs is 1. The predicted molar refractivity (Wildman–Crippen MR) is 75.1 cm³/mol. The first-order chi connectivity index (χ1) is 9.67. The van der Waals surface area contributed by atoms with Gasteiger partial charge in [-0.25, -0.2) is 0 Å². The Labute approximate surface area is 119 Å². The summed E-state index contributed by atoms with van der Waals surface area (Å²) < 4.78 is 10.6. The van der Waals surface area contributed by atoms with Crippen molar-refractivity contribution in [2.75, 3.05) is 19.9 Å². The van der Waals surface area contributed by atoms with E-state index < -0.39 is 12.0 Å². The second-order valence-electron chi connectivity index (χ2n) is 4.84. The molecular weight excluding hydrogens is 258 g/mol. The number of aliphatic carboxylic acids is 1. The van der Waals surface area contributed by atoms with Crippen LogP contribution in [0.15, 0.2) is 18.2 Å². The summed E-state index contributed by atoms with van der Waals surface area (Å²) in [6.07, 6.45) is 2.03. The molecule has 1 heterocycles. The smallest absolute Gasteiger partial charge is 0.325 e. The number of hydrogen-bond acceptors (Lipinski definition) is 4. The van der Waals surface area contributed by atoms with Gasteiger partial charge in [-0.3, -0.25) is 9.69 Å². The van der Waals surface area contributed by atoms with Crippen LogP contribution in [0, 0.1) is 0 Å². The van der Waals surface area contributed by atoms with Gasteiger partial charge in [0.05, 0.1) is 0 Å². The van der Waals surface area contributed by atoms with Gasteiger partial charge in [-0.2, -0.15) is 0 Å². The fourth-order valence-electron chi connectivity index (χ4n) is 2.42. The first kappa shape index (κ1) is 14.7. The number of likely N-dealkylation sites (N-methyl/N-ethyl adjacent to an activating group) is 1. The first-order valence-electron chi connectivity index (χ1n) is 7.03. The van der Waals surface area contributed by atoms with Crippen molar-refractivity contribution in [3.8, 4) is 11.5 Å². The summed E-state index contributed by atoms with van der Waals surface area (Å²) in [5.74, 6) is 0.469. The van der Waals surface area contributed by atoms with Crippen LogP contribution in [0.2, 0.25) is 0 Å². The number of carboxylic acids is 1. The molecule has 1 aromatic rings. The summed E-state index contributed by atoms with van der Waals surface area (Å²) in [5, 5.41) is 9.56. The molecule has 0 spiro atoms. The van der Waals surface area contributed by atoms with E-state index in [2.05, 4.69) is 6.92 Å². The summed E-state index contributed by atoms with van der Waals surface area (Å²) in [6.45, 7) is 5.76. The lowest BCUT2D eigenvalue weighted by atomic mass is 10.0. The molecule has 110 valence electrons. The number of rotatable bonds is 7. The maximum Gasteiger partial charge on any atom is 0.325 e. The Morgan fingerprint density at radius 1 is 1.35 bits per heavy atom. The van der Waals surface area contributed by atoms with Crippen LogP contribution in [0.3, 0.4) is 0 Å². The average Bonchev–Trinajstić information content (AvgIpc) is 2.90. The molecular formula is C15H21NO4. The fraction of sp³-hybridized carbons (Fsp3) is 0.533. The van der Waals surface area contributed by atoms with Crippen LogP contribution < -0.4 is 9.47 Å². The Bertz CT molecular complexity index is 475. The molecule has 0 fully saturated rings. The minimum absolute atomic E-state index is 0.198. The molecule has 1 aromatic carbocycles. The minimum atomic E-state index is -0.832. The molecule has 0 aliphatic carbocycles. The highest BCUT2D eigenvalue weighted by Crippen LogP contribution is 2.35. The third kappa shape index (κ3) is 3.04. The van der Waals surface area contributed by atoms with E-state index in [1.165, 1.54) is 0 Å². The van der Waals surface area contributed by atoms with Crippen LogP contribution >= 0.6 is 0 Å². The first-order valence-corrected chi connectivity index (χ1v) is 7.03. The molecule has 0 aromatic heterocycles. The van der Waals surface area contributed by atoms with Gasteiger partial charge < -0.3 is 14.6 Å². The van der Waals surface area contributed by atoms with E-state index in [0.29, 0.717) is 18.0 Å². The van der Waals surface area contributed by atoms with Crippen LogP contribution in [0.25, 0.3) is 0 Å². The number of carboxylic acid groups (broad SMARTS) is 1. The minimum Gasteiger partial charge on any atom is -0.480 e. The molecule has 0 radical (unpaired) electrons. The van der Waals surface area contributed by atoms with Gasteiger partial charge in [-0.1, -0.05) is 26.3 Å². The summed E-state index contributed by atoms with van der Waals surface area (Å²) >= 11 is 0. The number of benzene rings is 1. The van der Waals surface area contributed by atoms with Gasteiger partial charge in [0.25, 0.3) is 0 Å². The molecule has 0 bridgehead atoms. The number of hydrogen-bond donors (Lipinski definition) is 1.